The largest absolute Gasteiger partial charge is 0.481 e. The normalized spacial score (nSPS) is 9.06. The van der Waals surface area contributed by atoms with Gasteiger partial charge in [0.15, 0.2) is 0 Å². The van der Waals surface area contributed by atoms with Crippen molar-refractivity contribution < 1.29 is 24.2 Å². The third-order valence-corrected chi connectivity index (χ3v) is 1.48. The summed E-state index contributed by atoms with van der Waals surface area (Å²) in [7, 11) is 2.77. The smallest absolute Gasteiger partial charge is 0.404 e. The van der Waals surface area contributed by atoms with Gasteiger partial charge in [0.25, 0.3) is 0 Å². The average molecular weight is 246 g/mol. The van der Waals surface area contributed by atoms with Gasteiger partial charge in [0.1, 0.15) is 0 Å². The van der Waals surface area contributed by atoms with E-state index < -0.39 is 12.1 Å². The molecule has 7 heteroatoms. The Morgan fingerprint density at radius 1 is 1.41 bits per heavy atom. The highest BCUT2D eigenvalue weighted by atomic mass is 16.5. The van der Waals surface area contributed by atoms with Crippen LogP contribution in [0.5, 0.6) is 0 Å². The standard InChI is InChI=1S/C8H13NO3.C2H5NO2/c1-9-7(10)5-3-2-4-6-8(11)12;1-5-2(3)4/h3,5H,2,4,6H2,1H3,(H,9,10)(H,11,12);1H3,(H2,3,4)/b5-3+;. The third kappa shape index (κ3) is 20.1. The lowest BCUT2D eigenvalue weighted by Gasteiger charge is -1.91. The molecule has 0 radical (unpaired) electrons. The number of carbonyl (C=O) groups is 3. The van der Waals surface area contributed by atoms with Gasteiger partial charge in [0.05, 0.1) is 7.11 Å². The summed E-state index contributed by atoms with van der Waals surface area (Å²) >= 11 is 0. The Morgan fingerprint density at radius 2 is 1.94 bits per heavy atom. The highest BCUT2D eigenvalue weighted by molar-refractivity contribution is 5.87. The molecule has 0 aliphatic rings. The molecule has 17 heavy (non-hydrogen) atoms. The number of rotatable bonds is 5. The van der Waals surface area contributed by atoms with Crippen LogP contribution in [0.4, 0.5) is 4.79 Å². The molecule has 0 aromatic heterocycles. The topological polar surface area (TPSA) is 119 Å². The number of unbranched alkanes of at least 4 members (excludes halogenated alkanes) is 1. The zero-order chi connectivity index (χ0) is 13.7. The molecule has 0 rings (SSSR count). The molecule has 0 fully saturated rings. The van der Waals surface area contributed by atoms with Gasteiger partial charge in [-0.15, -0.1) is 0 Å². The van der Waals surface area contributed by atoms with Crippen LogP contribution < -0.4 is 11.1 Å². The SMILES string of the molecule is CNC(=O)/C=C/CCCC(=O)O.COC(N)=O. The van der Waals surface area contributed by atoms with E-state index in [9.17, 15) is 14.4 Å². The van der Waals surface area contributed by atoms with Gasteiger partial charge in [0.2, 0.25) is 5.91 Å². The summed E-state index contributed by atoms with van der Waals surface area (Å²) in [5, 5.41) is 10.7. The molecule has 0 aliphatic carbocycles. The van der Waals surface area contributed by atoms with Crippen LogP contribution in [-0.2, 0) is 14.3 Å². The summed E-state index contributed by atoms with van der Waals surface area (Å²) < 4.78 is 3.89. The van der Waals surface area contributed by atoms with E-state index >= 15 is 0 Å². The monoisotopic (exact) mass is 246 g/mol. The van der Waals surface area contributed by atoms with E-state index in [4.69, 9.17) is 5.11 Å². The summed E-state index contributed by atoms with van der Waals surface area (Å²) in [6.45, 7) is 0. The number of carbonyl (C=O) groups excluding carboxylic acids is 2. The van der Waals surface area contributed by atoms with Crippen LogP contribution in [0, 0.1) is 0 Å². The number of nitrogens with one attached hydrogen (secondary N) is 1. The number of likely N-dealkylation sites (N-methyl/N-ethyl adjacent to an activating group) is 1. The van der Waals surface area contributed by atoms with Crippen molar-refractivity contribution in [2.24, 2.45) is 5.73 Å². The number of aliphatic carboxylic acids is 1. The maximum Gasteiger partial charge on any atom is 0.404 e. The maximum atomic E-state index is 10.6. The Labute approximate surface area is 99.6 Å². The molecule has 0 aromatic carbocycles. The van der Waals surface area contributed by atoms with Crippen LogP contribution in [0.1, 0.15) is 19.3 Å². The van der Waals surface area contributed by atoms with Crippen LogP contribution >= 0.6 is 0 Å². The highest BCUT2D eigenvalue weighted by Gasteiger charge is 1.93. The molecule has 2 amide bonds. The van der Waals surface area contributed by atoms with Crippen molar-refractivity contribution in [2.45, 2.75) is 19.3 Å². The molecular weight excluding hydrogens is 228 g/mol. The Morgan fingerprint density at radius 3 is 2.29 bits per heavy atom. The van der Waals surface area contributed by atoms with Crippen LogP contribution in [0.15, 0.2) is 12.2 Å². The number of hydrogen-bond acceptors (Lipinski definition) is 4. The number of amides is 2. The van der Waals surface area contributed by atoms with Crippen molar-refractivity contribution in [2.75, 3.05) is 14.2 Å². The third-order valence-electron chi connectivity index (χ3n) is 1.48. The second-order valence-corrected chi connectivity index (χ2v) is 2.83. The molecule has 0 heterocycles. The molecule has 7 nitrogen and oxygen atoms in total. The zero-order valence-corrected chi connectivity index (χ0v) is 9.93. The lowest BCUT2D eigenvalue weighted by molar-refractivity contribution is -0.137. The van der Waals surface area contributed by atoms with E-state index in [1.807, 2.05) is 0 Å². The molecule has 0 unspecified atom stereocenters. The Kier molecular flexibility index (Phi) is 12.3. The van der Waals surface area contributed by atoms with E-state index in [0.717, 1.165) is 0 Å². The summed E-state index contributed by atoms with van der Waals surface area (Å²) in [6.07, 6.45) is 3.68. The fraction of sp³-hybridized carbons (Fsp3) is 0.500. The van der Waals surface area contributed by atoms with Crippen molar-refractivity contribution in [3.8, 4) is 0 Å². The molecule has 0 saturated carbocycles. The number of carboxylic acids is 1. The van der Waals surface area contributed by atoms with Gasteiger partial charge in [-0.25, -0.2) is 4.79 Å². The average Bonchev–Trinajstić information content (AvgIpc) is 2.28. The molecular formula is C10H18N2O5. The lowest BCUT2D eigenvalue weighted by atomic mass is 10.2. The minimum Gasteiger partial charge on any atom is -0.481 e. The van der Waals surface area contributed by atoms with Gasteiger partial charge in [-0.05, 0) is 18.9 Å². The number of nitrogens with two attached hydrogens (primary N) is 1. The highest BCUT2D eigenvalue weighted by Crippen LogP contribution is 1.95. The Bertz CT molecular complexity index is 276. The fourth-order valence-corrected chi connectivity index (χ4v) is 0.645. The van der Waals surface area contributed by atoms with Gasteiger partial charge < -0.3 is 20.9 Å². The summed E-state index contributed by atoms with van der Waals surface area (Å²) in [6, 6.07) is 0. The van der Waals surface area contributed by atoms with Gasteiger partial charge in [0, 0.05) is 13.5 Å². The number of primary amides is 1. The maximum absolute atomic E-state index is 10.6. The fourth-order valence-electron chi connectivity index (χ4n) is 0.645. The van der Waals surface area contributed by atoms with Crippen molar-refractivity contribution in [3.63, 3.8) is 0 Å². The lowest BCUT2D eigenvalue weighted by Crippen LogP contribution is -2.13. The minimum atomic E-state index is -0.802. The number of allylic oxidation sites excluding steroid dienone is 1. The number of ether oxygens (including phenoxy) is 1. The van der Waals surface area contributed by atoms with Crippen molar-refractivity contribution >= 4 is 18.0 Å². The molecule has 0 spiro atoms. The van der Waals surface area contributed by atoms with Crippen molar-refractivity contribution in [1.82, 2.24) is 5.32 Å². The summed E-state index contributed by atoms with van der Waals surface area (Å²) in [5.41, 5.74) is 4.43. The van der Waals surface area contributed by atoms with Crippen LogP contribution in [0.2, 0.25) is 0 Å². The van der Waals surface area contributed by atoms with Crippen LogP contribution in [0.3, 0.4) is 0 Å². The number of methoxy groups -OCH3 is 1. The van der Waals surface area contributed by atoms with Gasteiger partial charge in [-0.2, -0.15) is 0 Å². The van der Waals surface area contributed by atoms with Crippen LogP contribution in [-0.4, -0.2) is 37.2 Å². The van der Waals surface area contributed by atoms with Crippen LogP contribution in [0.25, 0.3) is 0 Å². The Hall–Kier alpha value is -2.05. The van der Waals surface area contributed by atoms with Gasteiger partial charge in [-0.3, -0.25) is 9.59 Å². The summed E-state index contributed by atoms with van der Waals surface area (Å²) in [5.74, 6) is -0.964. The minimum absolute atomic E-state index is 0.151. The first-order chi connectivity index (χ1) is 7.93. The first-order valence-corrected chi connectivity index (χ1v) is 4.87. The first-order valence-electron chi connectivity index (χ1n) is 4.87. The molecule has 0 atom stereocenters. The van der Waals surface area contributed by atoms with Gasteiger partial charge >= 0.3 is 12.1 Å². The molecule has 0 aliphatic heterocycles. The predicted molar refractivity (Wildman–Crippen MR) is 61.3 cm³/mol. The molecule has 98 valence electrons. The predicted octanol–water partition coefficient (Wildman–Crippen LogP) is 0.255. The quantitative estimate of drug-likeness (QED) is 0.474. The van der Waals surface area contributed by atoms with Gasteiger partial charge in [-0.1, -0.05) is 6.08 Å². The van der Waals surface area contributed by atoms with E-state index in [-0.39, 0.29) is 12.3 Å². The van der Waals surface area contributed by atoms with E-state index in [0.29, 0.717) is 12.8 Å². The number of hydrogen-bond donors (Lipinski definition) is 3. The summed E-state index contributed by atoms with van der Waals surface area (Å²) in [4.78, 5) is 30.0. The van der Waals surface area contributed by atoms with Crippen molar-refractivity contribution in [3.05, 3.63) is 12.2 Å². The van der Waals surface area contributed by atoms with E-state index in [2.05, 4.69) is 15.8 Å². The molecule has 0 bridgehead atoms. The number of carboxylic acid groups (broad SMARTS) is 1. The second-order valence-electron chi connectivity index (χ2n) is 2.83. The molecule has 4 N–H and O–H groups in total. The van der Waals surface area contributed by atoms with E-state index in [1.54, 1.807) is 13.1 Å². The zero-order valence-electron chi connectivity index (χ0n) is 9.93. The molecule has 0 saturated heterocycles. The second kappa shape index (κ2) is 12.0. The first kappa shape index (κ1) is 17.3. The Balaban J connectivity index is 0. The van der Waals surface area contributed by atoms with E-state index in [1.165, 1.54) is 13.2 Å². The van der Waals surface area contributed by atoms with Crippen molar-refractivity contribution in [1.29, 1.82) is 0 Å². The molecule has 0 aromatic rings.